The number of fused-ring (bicyclic) bond motifs is 6. The molecule has 4 aliphatic heterocycles. The van der Waals surface area contributed by atoms with E-state index in [2.05, 4.69) is 31.2 Å². The smallest absolute Gasteiger partial charge is 0.258 e. The quantitative estimate of drug-likeness (QED) is 0.123. The van der Waals surface area contributed by atoms with Crippen LogP contribution in [0.15, 0.2) is 95.1 Å². The van der Waals surface area contributed by atoms with Gasteiger partial charge >= 0.3 is 0 Å². The summed E-state index contributed by atoms with van der Waals surface area (Å²) in [5.74, 6) is -0.635. The normalized spacial score (nSPS) is 25.2. The molecule has 304 valence electrons. The Bertz CT molecular complexity index is 2100. The van der Waals surface area contributed by atoms with Crippen LogP contribution < -0.4 is 32.4 Å². The van der Waals surface area contributed by atoms with Crippen LogP contribution in [0.2, 0.25) is 0 Å². The van der Waals surface area contributed by atoms with Crippen LogP contribution in [0.5, 0.6) is 0 Å². The molecule has 14 nitrogen and oxygen atoms in total. The standard InChI is InChI=1S/2C22H26N4O3/c2*1-2-3-15-4-5-18-19-16(12-26(18)22(15)29)17(13-27)20(25-19)21(28)24-11-8-14-6-9-23-10-7-14/h2*2-7,9-10,16-17,19-20,25,27H,8,11-13H2,1H3,(H,24,28)/b3-2+;3-2-/t2*16-,17-,19+,20-/m11/s1. The number of aromatic nitrogens is 4. The van der Waals surface area contributed by atoms with Gasteiger partial charge in [0.05, 0.1) is 24.2 Å². The number of nitrogens with zero attached hydrogens (tertiary/aromatic N) is 4. The lowest BCUT2D eigenvalue weighted by Gasteiger charge is -2.21. The van der Waals surface area contributed by atoms with E-state index < -0.39 is 12.1 Å². The summed E-state index contributed by atoms with van der Waals surface area (Å²) in [6, 6.07) is 14.1. The SMILES string of the molecule is C/C=C/c1ccc2n(c1=O)C[C@@H]1[C@@H](CO)[C@H](C(=O)NCCc3ccncc3)N[C@H]21.C/C=C\c1ccc2n(c1=O)C[C@@H]1[C@@H](CO)[C@H](C(=O)NCCc3ccncc3)N[C@H]21. The van der Waals surface area contributed by atoms with E-state index in [1.165, 1.54) is 0 Å². The van der Waals surface area contributed by atoms with Gasteiger partial charge in [-0.05, 0) is 86.3 Å². The first-order valence-corrected chi connectivity index (χ1v) is 20.1. The Labute approximate surface area is 337 Å². The van der Waals surface area contributed by atoms with Crippen LogP contribution in [-0.4, -0.2) is 79.5 Å². The number of hydrogen-bond donors (Lipinski definition) is 6. The zero-order chi connectivity index (χ0) is 40.8. The molecule has 8 rings (SSSR count). The molecular weight excluding hydrogens is 737 g/mol. The summed E-state index contributed by atoms with van der Waals surface area (Å²) >= 11 is 0. The molecule has 0 spiro atoms. The summed E-state index contributed by atoms with van der Waals surface area (Å²) < 4.78 is 3.55. The predicted molar refractivity (Wildman–Crippen MR) is 220 cm³/mol. The Balaban J connectivity index is 0.000000177. The van der Waals surface area contributed by atoms with Gasteiger partial charge in [-0.2, -0.15) is 0 Å². The molecule has 2 fully saturated rings. The molecule has 4 aromatic heterocycles. The van der Waals surface area contributed by atoms with E-state index in [1.54, 1.807) is 46.1 Å². The molecular formula is C44H52N8O6. The summed E-state index contributed by atoms with van der Waals surface area (Å²) in [5, 5.41) is 32.7. The molecule has 58 heavy (non-hydrogen) atoms. The highest BCUT2D eigenvalue weighted by Crippen LogP contribution is 2.43. The summed E-state index contributed by atoms with van der Waals surface area (Å²) in [5.41, 5.74) is 5.27. The van der Waals surface area contributed by atoms with Crippen LogP contribution in [0.3, 0.4) is 0 Å². The molecule has 2 saturated heterocycles. The summed E-state index contributed by atoms with van der Waals surface area (Å²) in [4.78, 5) is 59.0. The van der Waals surface area contributed by atoms with Gasteiger partial charge in [0.25, 0.3) is 11.1 Å². The molecule has 0 unspecified atom stereocenters. The molecule has 6 N–H and O–H groups in total. The topological polar surface area (TPSA) is 192 Å². The van der Waals surface area contributed by atoms with Crippen LogP contribution in [0.25, 0.3) is 12.2 Å². The molecule has 0 radical (unpaired) electrons. The average Bonchev–Trinajstić information content (AvgIpc) is 3.99. The van der Waals surface area contributed by atoms with Crippen LogP contribution in [0.4, 0.5) is 0 Å². The van der Waals surface area contributed by atoms with Crippen molar-refractivity contribution in [1.82, 2.24) is 40.4 Å². The number of hydrogen-bond acceptors (Lipinski definition) is 10. The van der Waals surface area contributed by atoms with E-state index in [1.807, 2.05) is 74.5 Å². The van der Waals surface area contributed by atoms with Crippen LogP contribution in [0, 0.1) is 23.7 Å². The van der Waals surface area contributed by atoms with Crippen molar-refractivity contribution in [2.75, 3.05) is 26.3 Å². The molecule has 0 aromatic carbocycles. The van der Waals surface area contributed by atoms with Crippen molar-refractivity contribution in [2.24, 2.45) is 23.7 Å². The zero-order valence-corrected chi connectivity index (χ0v) is 32.8. The van der Waals surface area contributed by atoms with Crippen molar-refractivity contribution >= 4 is 24.0 Å². The van der Waals surface area contributed by atoms with Crippen molar-refractivity contribution in [2.45, 2.75) is 63.9 Å². The third-order valence-electron chi connectivity index (χ3n) is 12.0. The van der Waals surface area contributed by atoms with Gasteiger partial charge < -0.3 is 30.0 Å². The van der Waals surface area contributed by atoms with Crippen molar-refractivity contribution in [1.29, 1.82) is 0 Å². The van der Waals surface area contributed by atoms with E-state index in [9.17, 15) is 29.4 Å². The summed E-state index contributed by atoms with van der Waals surface area (Å²) in [6.07, 6.45) is 15.7. The van der Waals surface area contributed by atoms with E-state index >= 15 is 0 Å². The van der Waals surface area contributed by atoms with Crippen molar-refractivity contribution in [3.8, 4) is 0 Å². The molecule has 4 aromatic rings. The molecule has 0 bridgehead atoms. The summed E-state index contributed by atoms with van der Waals surface area (Å²) in [6.45, 7) is 5.66. The number of pyridine rings is 4. The Morgan fingerprint density at radius 3 is 1.43 bits per heavy atom. The van der Waals surface area contributed by atoms with Gasteiger partial charge in [-0.1, -0.05) is 24.3 Å². The third-order valence-corrected chi connectivity index (χ3v) is 12.0. The Kier molecular flexibility index (Phi) is 12.9. The Hall–Kier alpha value is -5.54. The minimum absolute atomic E-state index is 0.0181. The first-order valence-electron chi connectivity index (χ1n) is 20.1. The molecule has 0 saturated carbocycles. The molecule has 14 heteroatoms. The predicted octanol–water partition coefficient (Wildman–Crippen LogP) is 1.77. The zero-order valence-electron chi connectivity index (χ0n) is 32.8. The molecule has 4 aliphatic rings. The third kappa shape index (κ3) is 8.23. The lowest BCUT2D eigenvalue weighted by Crippen LogP contribution is -2.46. The van der Waals surface area contributed by atoms with Gasteiger partial charge in [-0.3, -0.25) is 39.8 Å². The number of amides is 2. The van der Waals surface area contributed by atoms with Gasteiger partial charge in [0.2, 0.25) is 11.8 Å². The van der Waals surface area contributed by atoms with Gasteiger partial charge in [0.1, 0.15) is 0 Å². The fraction of sp³-hybridized carbons (Fsp3) is 0.409. The Morgan fingerprint density at radius 2 is 1.07 bits per heavy atom. The van der Waals surface area contributed by atoms with Crippen LogP contribution >= 0.6 is 0 Å². The number of aliphatic hydroxyl groups excluding tert-OH is 2. The van der Waals surface area contributed by atoms with Crippen molar-refractivity contribution in [3.63, 3.8) is 0 Å². The lowest BCUT2D eigenvalue weighted by atomic mass is 9.88. The van der Waals surface area contributed by atoms with Crippen LogP contribution in [-0.2, 0) is 35.5 Å². The van der Waals surface area contributed by atoms with Crippen molar-refractivity contribution < 1.29 is 19.8 Å². The summed E-state index contributed by atoms with van der Waals surface area (Å²) in [7, 11) is 0. The van der Waals surface area contributed by atoms with Gasteiger partial charge in [-0.15, -0.1) is 0 Å². The number of rotatable bonds is 12. The van der Waals surface area contributed by atoms with Gasteiger partial charge in [0, 0.05) is 110 Å². The minimum Gasteiger partial charge on any atom is -0.396 e. The number of allylic oxidation sites excluding steroid dienone is 2. The average molecular weight is 789 g/mol. The lowest BCUT2D eigenvalue weighted by molar-refractivity contribution is -0.125. The first-order chi connectivity index (χ1) is 28.3. The maximum Gasteiger partial charge on any atom is 0.258 e. The molecule has 8 atom stereocenters. The minimum atomic E-state index is -0.466. The fourth-order valence-electron chi connectivity index (χ4n) is 9.14. The number of carbonyl (C=O) groups is 2. The number of nitrogens with one attached hydrogen (secondary N) is 4. The van der Waals surface area contributed by atoms with Crippen LogP contribution in [0.1, 0.15) is 59.6 Å². The second-order valence-corrected chi connectivity index (χ2v) is 15.3. The molecule has 8 heterocycles. The number of aliphatic hydroxyl groups is 2. The monoisotopic (exact) mass is 788 g/mol. The fourth-order valence-corrected chi connectivity index (χ4v) is 9.14. The van der Waals surface area contributed by atoms with Gasteiger partial charge in [-0.25, -0.2) is 0 Å². The molecule has 2 amide bonds. The van der Waals surface area contributed by atoms with E-state index in [0.29, 0.717) is 37.3 Å². The second kappa shape index (κ2) is 18.4. The highest BCUT2D eigenvalue weighted by Gasteiger charge is 2.51. The van der Waals surface area contributed by atoms with Gasteiger partial charge in [0.15, 0.2) is 0 Å². The van der Waals surface area contributed by atoms with E-state index in [0.717, 1.165) is 35.4 Å². The maximum atomic E-state index is 12.8. The molecule has 0 aliphatic carbocycles. The first kappa shape index (κ1) is 40.6. The Morgan fingerprint density at radius 1 is 0.672 bits per heavy atom. The van der Waals surface area contributed by atoms with E-state index in [-0.39, 0.29) is 71.9 Å². The largest absolute Gasteiger partial charge is 0.396 e. The van der Waals surface area contributed by atoms with Crippen molar-refractivity contribution in [3.05, 3.63) is 140 Å². The van der Waals surface area contributed by atoms with E-state index in [4.69, 9.17) is 0 Å². The highest BCUT2D eigenvalue weighted by atomic mass is 16.3. The maximum absolute atomic E-state index is 12.8. The highest BCUT2D eigenvalue weighted by molar-refractivity contribution is 5.83. The second-order valence-electron chi connectivity index (χ2n) is 15.3. The number of carbonyl (C=O) groups excluding carboxylic acids is 2.